The fourth-order valence-corrected chi connectivity index (χ4v) is 11.7. The number of anilines is 7. The lowest BCUT2D eigenvalue weighted by Crippen LogP contribution is -2.57. The molecule has 4 fully saturated rings. The number of benzene rings is 3. The van der Waals surface area contributed by atoms with Crippen LogP contribution in [0.2, 0.25) is 0 Å². The van der Waals surface area contributed by atoms with Crippen molar-refractivity contribution in [2.75, 3.05) is 96.4 Å². The Morgan fingerprint density at radius 2 is 1.60 bits per heavy atom. The fraction of sp³-hybridized carbons (Fsp3) is 0.404. The van der Waals surface area contributed by atoms with E-state index in [1.54, 1.807) is 24.4 Å². The van der Waals surface area contributed by atoms with E-state index in [4.69, 9.17) is 4.98 Å². The summed E-state index contributed by atoms with van der Waals surface area (Å²) in [5, 5.41) is 9.49. The van der Waals surface area contributed by atoms with Gasteiger partial charge in [0, 0.05) is 101 Å². The van der Waals surface area contributed by atoms with Crippen molar-refractivity contribution in [3.05, 3.63) is 89.4 Å². The first-order valence-corrected chi connectivity index (χ1v) is 24.8. The van der Waals surface area contributed by atoms with Crippen LogP contribution in [0.1, 0.15) is 52.0 Å². The largest absolute Gasteiger partial charge is 0.371 e. The summed E-state index contributed by atoms with van der Waals surface area (Å²) in [5.41, 5.74) is 5.27. The normalized spacial score (nSPS) is 21.0. The Bertz CT molecular complexity index is 2940. The quantitative estimate of drug-likeness (QED) is 0.139. The summed E-state index contributed by atoms with van der Waals surface area (Å²) in [6.45, 7) is 8.53. The third-order valence-corrected chi connectivity index (χ3v) is 15.4. The zero-order valence-electron chi connectivity index (χ0n) is 37.0. The monoisotopic (exact) mass is 930 g/mol. The number of hydrogen-bond acceptors (Lipinski definition) is 14. The van der Waals surface area contributed by atoms with Crippen LogP contribution in [0, 0.1) is 11.7 Å². The zero-order chi connectivity index (χ0) is 46.1. The number of H-pyrrole nitrogens is 1. The van der Waals surface area contributed by atoms with Crippen molar-refractivity contribution >= 4 is 84.9 Å². The maximum atomic E-state index is 15.8. The molecule has 6 aliphatic heterocycles. The number of nitrogens with one attached hydrogen (secondary N) is 4. The van der Waals surface area contributed by atoms with Crippen LogP contribution in [0.4, 0.5) is 44.6 Å². The van der Waals surface area contributed by atoms with Gasteiger partial charge in [-0.15, -0.1) is 0 Å². The molecule has 8 heterocycles. The zero-order valence-corrected chi connectivity index (χ0v) is 37.8. The van der Waals surface area contributed by atoms with E-state index in [1.807, 2.05) is 36.4 Å². The van der Waals surface area contributed by atoms with E-state index in [2.05, 4.69) is 45.5 Å². The number of fused-ring (bicyclic) bond motifs is 3. The summed E-state index contributed by atoms with van der Waals surface area (Å²) in [4.78, 5) is 73.5. The molecular formula is C47H51FN12O6S. The van der Waals surface area contributed by atoms with Gasteiger partial charge in [0.2, 0.25) is 27.8 Å². The molecule has 20 heteroatoms. The average molecular weight is 931 g/mol. The lowest BCUT2D eigenvalue weighted by molar-refractivity contribution is -0.136. The number of para-hydroxylation sites is 1. The van der Waals surface area contributed by atoms with Crippen molar-refractivity contribution in [1.29, 1.82) is 0 Å². The Balaban J connectivity index is 0.652. The Morgan fingerprint density at radius 1 is 0.806 bits per heavy atom. The van der Waals surface area contributed by atoms with Gasteiger partial charge in [0.25, 0.3) is 11.8 Å². The number of halogens is 1. The van der Waals surface area contributed by atoms with Gasteiger partial charge in [-0.3, -0.25) is 38.6 Å². The number of amides is 4. The van der Waals surface area contributed by atoms with E-state index in [9.17, 15) is 27.6 Å². The first kappa shape index (κ1) is 43.0. The summed E-state index contributed by atoms with van der Waals surface area (Å²) in [6, 6.07) is 17.4. The minimum Gasteiger partial charge on any atom is -0.371 e. The van der Waals surface area contributed by atoms with Gasteiger partial charge in [-0.1, -0.05) is 12.1 Å². The van der Waals surface area contributed by atoms with Crippen LogP contribution in [0.15, 0.2) is 66.9 Å². The summed E-state index contributed by atoms with van der Waals surface area (Å²) in [7, 11) is -3.48. The Kier molecular flexibility index (Phi) is 10.8. The van der Waals surface area contributed by atoms with E-state index >= 15 is 4.39 Å². The van der Waals surface area contributed by atoms with Crippen LogP contribution in [0.25, 0.3) is 11.0 Å². The molecule has 0 spiro atoms. The van der Waals surface area contributed by atoms with Gasteiger partial charge in [0.1, 0.15) is 23.3 Å². The van der Waals surface area contributed by atoms with E-state index < -0.39 is 39.7 Å². The number of piperidine rings is 2. The maximum Gasteiger partial charge on any atom is 0.262 e. The van der Waals surface area contributed by atoms with Crippen molar-refractivity contribution in [3.8, 4) is 0 Å². The summed E-state index contributed by atoms with van der Waals surface area (Å²) < 4.78 is 42.5. The molecule has 0 saturated carbocycles. The number of aromatic amines is 1. The Morgan fingerprint density at radius 3 is 2.36 bits per heavy atom. The predicted octanol–water partition coefficient (Wildman–Crippen LogP) is 4.03. The van der Waals surface area contributed by atoms with Gasteiger partial charge < -0.3 is 30.3 Å². The minimum atomic E-state index is -3.48. The predicted molar refractivity (Wildman–Crippen MR) is 251 cm³/mol. The van der Waals surface area contributed by atoms with Crippen LogP contribution in [-0.2, 0) is 26.0 Å². The summed E-state index contributed by atoms with van der Waals surface area (Å²) in [6.07, 6.45) is 5.69. The van der Waals surface area contributed by atoms with Gasteiger partial charge in [-0.25, -0.2) is 12.8 Å². The van der Waals surface area contributed by atoms with E-state index in [0.29, 0.717) is 64.7 Å². The molecular weight excluding hydrogens is 880 g/mol. The van der Waals surface area contributed by atoms with Gasteiger partial charge in [-0.05, 0) is 79.8 Å². The number of hydrogen-bond donors (Lipinski definition) is 4. The van der Waals surface area contributed by atoms with E-state index in [1.165, 1.54) is 16.6 Å². The maximum absolute atomic E-state index is 15.8. The summed E-state index contributed by atoms with van der Waals surface area (Å²) in [5.74, 6) is -1.11. The molecule has 4 N–H and O–H groups in total. The number of nitrogens with zero attached hydrogens (tertiary/aromatic N) is 8. The highest BCUT2D eigenvalue weighted by molar-refractivity contribution is 7.92. The van der Waals surface area contributed by atoms with Gasteiger partial charge in [0.15, 0.2) is 0 Å². The lowest BCUT2D eigenvalue weighted by Gasteiger charge is -2.46. The average Bonchev–Trinajstić information content (AvgIpc) is 4.02. The van der Waals surface area contributed by atoms with Crippen LogP contribution in [0.5, 0.6) is 0 Å². The second-order valence-electron chi connectivity index (χ2n) is 18.5. The number of carbonyl (C=O) groups is 4. The standard InChI is InChI=1S/C47H51FN12O6S/c1-67(65,66)59-18-12-29-3-2-4-37(41(29)59)51-43-34-11-15-49-42(34)53-47(54-43)50-30-5-8-38(36(48)23-30)57-16-13-31(14-17-57)56-21-19-55(20-22-56)25-28-26-58(27-28)32-6-7-33-35(24-32)46(64)60(45(33)63)39-9-10-40(61)52-44(39)62/h2-8,11,15,23-24,28,31,39H,9-10,12-14,16-22,25-27H2,1H3,(H,52,61,62)(H3,49,50,51,53,54). The Hall–Kier alpha value is -6.64. The smallest absolute Gasteiger partial charge is 0.262 e. The number of piperazine rings is 1. The molecule has 4 amide bonds. The molecule has 1 unspecified atom stereocenters. The second kappa shape index (κ2) is 16.9. The first-order valence-electron chi connectivity index (χ1n) is 22.9. The molecule has 348 valence electrons. The number of sulfonamides is 1. The van der Waals surface area contributed by atoms with Crippen molar-refractivity contribution in [2.45, 2.75) is 44.2 Å². The molecule has 3 aromatic carbocycles. The molecule has 2 aromatic heterocycles. The minimum absolute atomic E-state index is 0.0854. The number of carbonyl (C=O) groups excluding carboxylic acids is 4. The number of rotatable bonds is 11. The molecule has 5 aromatic rings. The van der Waals surface area contributed by atoms with Gasteiger partial charge in [-0.2, -0.15) is 9.97 Å². The van der Waals surface area contributed by atoms with Crippen molar-refractivity contribution < 1.29 is 32.0 Å². The molecule has 1 atom stereocenters. The van der Waals surface area contributed by atoms with E-state index in [-0.39, 0.29) is 30.2 Å². The topological polar surface area (TPSA) is 200 Å². The highest BCUT2D eigenvalue weighted by atomic mass is 32.2. The van der Waals surface area contributed by atoms with Crippen LogP contribution in [0.3, 0.4) is 0 Å². The second-order valence-corrected chi connectivity index (χ2v) is 20.4. The molecule has 6 aliphatic rings. The van der Waals surface area contributed by atoms with Crippen LogP contribution < -0.4 is 30.1 Å². The molecule has 67 heavy (non-hydrogen) atoms. The highest BCUT2D eigenvalue weighted by Gasteiger charge is 2.45. The van der Waals surface area contributed by atoms with Crippen molar-refractivity contribution in [1.82, 2.24) is 35.0 Å². The molecule has 0 radical (unpaired) electrons. The molecule has 11 rings (SSSR count). The van der Waals surface area contributed by atoms with Crippen LogP contribution in [-0.4, -0.2) is 145 Å². The third kappa shape index (κ3) is 8.09. The van der Waals surface area contributed by atoms with Gasteiger partial charge >= 0.3 is 0 Å². The SMILES string of the molecule is CS(=O)(=O)N1CCc2cccc(Nc3nc(Nc4ccc(N5CCC(N6CCN(CC7CN(c8ccc9c(c8)C(=O)N(C8CCC(=O)NC8=O)C9=O)C7)CC6)CC5)c(F)c4)nc4[nH]ccc34)c21. The molecule has 18 nitrogen and oxygen atoms in total. The molecule has 0 bridgehead atoms. The third-order valence-electron chi connectivity index (χ3n) is 14.2. The van der Waals surface area contributed by atoms with Crippen molar-refractivity contribution in [3.63, 3.8) is 0 Å². The van der Waals surface area contributed by atoms with E-state index in [0.717, 1.165) is 93.3 Å². The van der Waals surface area contributed by atoms with Crippen LogP contribution >= 0.6 is 0 Å². The number of aromatic nitrogens is 3. The molecule has 0 aliphatic carbocycles. The van der Waals surface area contributed by atoms with Gasteiger partial charge in [0.05, 0.1) is 39.8 Å². The lowest BCUT2D eigenvalue weighted by atomic mass is 9.96. The summed E-state index contributed by atoms with van der Waals surface area (Å²) >= 11 is 0. The fourth-order valence-electron chi connectivity index (χ4n) is 10.7. The van der Waals surface area contributed by atoms with Crippen molar-refractivity contribution in [2.24, 2.45) is 5.92 Å². The molecule has 4 saturated heterocycles. The Labute approximate surface area is 386 Å². The number of imide groups is 2. The first-order chi connectivity index (χ1) is 32.3. The highest BCUT2D eigenvalue weighted by Crippen LogP contribution is 2.40.